The van der Waals surface area contributed by atoms with Crippen LogP contribution in [0.1, 0.15) is 49.5 Å². The van der Waals surface area contributed by atoms with Crippen molar-refractivity contribution in [1.29, 1.82) is 0 Å². The number of hydrogen-bond donors (Lipinski definition) is 2. The average molecular weight is 267 g/mol. The topological polar surface area (TPSA) is 49.3 Å². The summed E-state index contributed by atoms with van der Waals surface area (Å²) in [6.45, 7) is 0.564. The van der Waals surface area contributed by atoms with Crippen LogP contribution in [0.4, 0.5) is 0 Å². The quantitative estimate of drug-likeness (QED) is 0.862. The van der Waals surface area contributed by atoms with Crippen molar-refractivity contribution in [2.75, 3.05) is 6.54 Å². The number of carbonyl (C=O) groups excluding carboxylic acids is 1. The third-order valence-electron chi connectivity index (χ3n) is 3.56. The maximum Gasteiger partial charge on any atom is 0.223 e. The van der Waals surface area contributed by atoms with Gasteiger partial charge in [0.25, 0.3) is 0 Å². The Hall–Kier alpha value is -0.870. The fourth-order valence-corrected chi connectivity index (χ4v) is 3.21. The van der Waals surface area contributed by atoms with Crippen LogP contribution in [0.15, 0.2) is 17.5 Å². The molecule has 1 unspecified atom stereocenters. The third-order valence-corrected chi connectivity index (χ3v) is 4.54. The van der Waals surface area contributed by atoms with Gasteiger partial charge in [0, 0.05) is 17.3 Å². The Morgan fingerprint density at radius 1 is 1.44 bits per heavy atom. The maximum atomic E-state index is 11.9. The number of rotatable bonds is 5. The lowest BCUT2D eigenvalue weighted by atomic mass is 9.88. The van der Waals surface area contributed by atoms with Crippen molar-refractivity contribution in [2.24, 2.45) is 5.92 Å². The zero-order valence-electron chi connectivity index (χ0n) is 10.6. The van der Waals surface area contributed by atoms with Crippen LogP contribution in [0, 0.1) is 5.92 Å². The summed E-state index contributed by atoms with van der Waals surface area (Å²) in [5.74, 6) is 0.380. The third kappa shape index (κ3) is 3.82. The van der Waals surface area contributed by atoms with Crippen LogP contribution in [-0.4, -0.2) is 17.6 Å². The molecule has 0 aromatic carbocycles. The Morgan fingerprint density at radius 2 is 2.22 bits per heavy atom. The summed E-state index contributed by atoms with van der Waals surface area (Å²) in [6, 6.07) is 3.86. The van der Waals surface area contributed by atoms with Gasteiger partial charge in [0.05, 0.1) is 6.10 Å². The molecule has 1 saturated carbocycles. The Kier molecular flexibility index (Phi) is 5.20. The molecule has 100 valence electrons. The fraction of sp³-hybridized carbons (Fsp3) is 0.643. The zero-order valence-corrected chi connectivity index (χ0v) is 11.4. The first-order valence-electron chi connectivity index (χ1n) is 6.76. The summed E-state index contributed by atoms with van der Waals surface area (Å²) < 4.78 is 0. The number of thiophene rings is 1. The van der Waals surface area contributed by atoms with Crippen molar-refractivity contribution in [1.82, 2.24) is 5.32 Å². The van der Waals surface area contributed by atoms with E-state index in [1.54, 1.807) is 11.3 Å². The van der Waals surface area contributed by atoms with E-state index in [1.165, 1.54) is 19.3 Å². The van der Waals surface area contributed by atoms with Crippen LogP contribution >= 0.6 is 11.3 Å². The molecule has 2 rings (SSSR count). The number of carbonyl (C=O) groups is 1. The highest BCUT2D eigenvalue weighted by atomic mass is 32.1. The van der Waals surface area contributed by atoms with E-state index >= 15 is 0 Å². The SMILES string of the molecule is O=C(NCCC(O)c1cccs1)C1CCCCC1. The molecule has 1 aliphatic rings. The molecule has 1 aromatic rings. The minimum absolute atomic E-state index is 0.174. The van der Waals surface area contributed by atoms with Crippen molar-refractivity contribution in [3.05, 3.63) is 22.4 Å². The molecule has 2 N–H and O–H groups in total. The van der Waals surface area contributed by atoms with Crippen LogP contribution in [0.5, 0.6) is 0 Å². The summed E-state index contributed by atoms with van der Waals surface area (Å²) in [5.41, 5.74) is 0. The lowest BCUT2D eigenvalue weighted by Gasteiger charge is -2.21. The second kappa shape index (κ2) is 6.90. The summed E-state index contributed by atoms with van der Waals surface area (Å²) in [6.07, 6.45) is 5.82. The van der Waals surface area contributed by atoms with Gasteiger partial charge in [0.2, 0.25) is 5.91 Å². The molecule has 0 bridgehead atoms. The highest BCUT2D eigenvalue weighted by Crippen LogP contribution is 2.24. The molecule has 1 aliphatic carbocycles. The molecule has 1 amide bonds. The van der Waals surface area contributed by atoms with Gasteiger partial charge in [0.15, 0.2) is 0 Å². The van der Waals surface area contributed by atoms with Gasteiger partial charge in [-0.25, -0.2) is 0 Å². The predicted molar refractivity (Wildman–Crippen MR) is 73.5 cm³/mol. The van der Waals surface area contributed by atoms with Crippen LogP contribution in [0.25, 0.3) is 0 Å². The molecule has 3 nitrogen and oxygen atoms in total. The summed E-state index contributed by atoms with van der Waals surface area (Å²) in [7, 11) is 0. The number of aliphatic hydroxyl groups excluding tert-OH is 1. The van der Waals surface area contributed by atoms with Crippen molar-refractivity contribution in [3.63, 3.8) is 0 Å². The average Bonchev–Trinajstić information content (AvgIpc) is 2.93. The zero-order chi connectivity index (χ0) is 12.8. The van der Waals surface area contributed by atoms with Gasteiger partial charge in [0.1, 0.15) is 0 Å². The lowest BCUT2D eigenvalue weighted by molar-refractivity contribution is -0.126. The molecular formula is C14H21NO2S. The maximum absolute atomic E-state index is 11.9. The van der Waals surface area contributed by atoms with Gasteiger partial charge in [-0.3, -0.25) is 4.79 Å². The molecule has 4 heteroatoms. The number of aliphatic hydroxyl groups is 1. The van der Waals surface area contributed by atoms with E-state index in [9.17, 15) is 9.90 Å². The number of hydrogen-bond acceptors (Lipinski definition) is 3. The Morgan fingerprint density at radius 3 is 2.89 bits per heavy atom. The second-order valence-electron chi connectivity index (χ2n) is 4.95. The van der Waals surface area contributed by atoms with Gasteiger partial charge in [-0.2, -0.15) is 0 Å². The molecule has 0 spiro atoms. The number of amides is 1. The van der Waals surface area contributed by atoms with Gasteiger partial charge < -0.3 is 10.4 Å². The van der Waals surface area contributed by atoms with Crippen molar-refractivity contribution in [3.8, 4) is 0 Å². The van der Waals surface area contributed by atoms with E-state index in [1.807, 2.05) is 17.5 Å². The Bertz CT molecular complexity index is 358. The smallest absolute Gasteiger partial charge is 0.223 e. The minimum Gasteiger partial charge on any atom is -0.388 e. The first-order chi connectivity index (χ1) is 8.77. The molecule has 1 fully saturated rings. The van der Waals surface area contributed by atoms with Crippen LogP contribution in [-0.2, 0) is 4.79 Å². The molecule has 0 aliphatic heterocycles. The monoisotopic (exact) mass is 267 g/mol. The van der Waals surface area contributed by atoms with Crippen molar-refractivity contribution >= 4 is 17.2 Å². The van der Waals surface area contributed by atoms with E-state index in [-0.39, 0.29) is 11.8 Å². The highest BCUT2D eigenvalue weighted by Gasteiger charge is 2.20. The second-order valence-corrected chi connectivity index (χ2v) is 5.93. The highest BCUT2D eigenvalue weighted by molar-refractivity contribution is 7.10. The molecule has 1 heterocycles. The van der Waals surface area contributed by atoms with E-state index < -0.39 is 6.10 Å². The van der Waals surface area contributed by atoms with Gasteiger partial charge in [-0.1, -0.05) is 25.3 Å². The molecule has 1 aromatic heterocycles. The van der Waals surface area contributed by atoms with Crippen molar-refractivity contribution < 1.29 is 9.90 Å². The number of nitrogens with one attached hydrogen (secondary N) is 1. The van der Waals surface area contributed by atoms with E-state index in [0.29, 0.717) is 13.0 Å². The first-order valence-corrected chi connectivity index (χ1v) is 7.64. The summed E-state index contributed by atoms with van der Waals surface area (Å²) in [4.78, 5) is 12.8. The Labute approximate surface area is 112 Å². The molecule has 1 atom stereocenters. The van der Waals surface area contributed by atoms with Gasteiger partial charge in [-0.15, -0.1) is 11.3 Å². The standard InChI is InChI=1S/C14H21NO2S/c16-12(13-7-4-10-18-13)8-9-15-14(17)11-5-2-1-3-6-11/h4,7,10-12,16H,1-3,5-6,8-9H2,(H,15,17). The fourth-order valence-electron chi connectivity index (χ4n) is 2.46. The van der Waals surface area contributed by atoms with Crippen LogP contribution in [0.2, 0.25) is 0 Å². The predicted octanol–water partition coefficient (Wildman–Crippen LogP) is 2.87. The van der Waals surface area contributed by atoms with Crippen molar-refractivity contribution in [2.45, 2.75) is 44.6 Å². The lowest BCUT2D eigenvalue weighted by Crippen LogP contribution is -2.33. The molecular weight excluding hydrogens is 246 g/mol. The van der Waals surface area contributed by atoms with E-state index in [4.69, 9.17) is 0 Å². The van der Waals surface area contributed by atoms with Crippen LogP contribution < -0.4 is 5.32 Å². The van der Waals surface area contributed by atoms with Gasteiger partial charge >= 0.3 is 0 Å². The van der Waals surface area contributed by atoms with Crippen LogP contribution in [0.3, 0.4) is 0 Å². The minimum atomic E-state index is -0.448. The normalized spacial score (nSPS) is 18.5. The Balaban J connectivity index is 1.67. The molecule has 18 heavy (non-hydrogen) atoms. The summed E-state index contributed by atoms with van der Waals surface area (Å²) in [5, 5.41) is 14.8. The molecule has 0 radical (unpaired) electrons. The van der Waals surface area contributed by atoms with Gasteiger partial charge in [-0.05, 0) is 30.7 Å². The first kappa shape index (κ1) is 13.6. The van der Waals surface area contributed by atoms with E-state index in [0.717, 1.165) is 17.7 Å². The largest absolute Gasteiger partial charge is 0.388 e. The molecule has 0 saturated heterocycles. The van der Waals surface area contributed by atoms with E-state index in [2.05, 4.69) is 5.32 Å². The summed E-state index contributed by atoms with van der Waals surface area (Å²) >= 11 is 1.56.